The van der Waals surface area contributed by atoms with Crippen molar-refractivity contribution in [3.8, 4) is 11.5 Å². The van der Waals surface area contributed by atoms with Crippen LogP contribution < -0.4 is 15.2 Å². The molecular weight excluding hydrogens is 228 g/mol. The minimum Gasteiger partial charge on any atom is -0.493 e. The molecule has 1 atom stereocenters. The third-order valence-electron chi connectivity index (χ3n) is 3.11. The van der Waals surface area contributed by atoms with E-state index in [-0.39, 0.29) is 12.1 Å². The number of nitrogens with zero attached hydrogens (tertiary/aromatic N) is 1. The van der Waals surface area contributed by atoms with Gasteiger partial charge in [0, 0.05) is 19.1 Å². The molecule has 1 unspecified atom stereocenters. The van der Waals surface area contributed by atoms with Crippen molar-refractivity contribution in [1.29, 1.82) is 0 Å². The van der Waals surface area contributed by atoms with Gasteiger partial charge in [-0.25, -0.2) is 0 Å². The normalized spacial score (nSPS) is 18.2. The predicted molar refractivity (Wildman–Crippen MR) is 72.3 cm³/mol. The molecule has 0 spiro atoms. The molecule has 1 aliphatic heterocycles. The Morgan fingerprint density at radius 1 is 1.39 bits per heavy atom. The third-order valence-corrected chi connectivity index (χ3v) is 3.11. The third kappa shape index (κ3) is 3.15. The Bertz CT molecular complexity index is 401. The molecule has 1 fully saturated rings. The summed E-state index contributed by atoms with van der Waals surface area (Å²) in [7, 11) is 3.75. The van der Waals surface area contributed by atoms with Crippen molar-refractivity contribution in [3.63, 3.8) is 0 Å². The van der Waals surface area contributed by atoms with Crippen LogP contribution in [0.4, 0.5) is 0 Å². The Kier molecular flexibility index (Phi) is 4.09. The van der Waals surface area contributed by atoms with Crippen LogP contribution in [0.2, 0.25) is 0 Å². The van der Waals surface area contributed by atoms with E-state index in [9.17, 15) is 0 Å². The van der Waals surface area contributed by atoms with Crippen molar-refractivity contribution in [1.82, 2.24) is 4.90 Å². The summed E-state index contributed by atoms with van der Waals surface area (Å²) in [5.74, 6) is 1.62. The molecule has 100 valence electrons. The number of likely N-dealkylation sites (N-methyl/N-ethyl adjacent to an activating group) is 1. The first-order valence-corrected chi connectivity index (χ1v) is 6.36. The molecule has 2 N–H and O–H groups in total. The van der Waals surface area contributed by atoms with Crippen molar-refractivity contribution < 1.29 is 9.47 Å². The Hall–Kier alpha value is -1.26. The number of ether oxygens (including phenoxy) is 2. The molecule has 1 heterocycles. The molecule has 0 bridgehead atoms. The van der Waals surface area contributed by atoms with Gasteiger partial charge in [0.25, 0.3) is 0 Å². The van der Waals surface area contributed by atoms with Crippen LogP contribution in [0.25, 0.3) is 0 Å². The Morgan fingerprint density at radius 3 is 2.67 bits per heavy atom. The average molecular weight is 250 g/mol. The molecule has 1 saturated heterocycles. The zero-order valence-corrected chi connectivity index (χ0v) is 11.3. The molecule has 1 aromatic rings. The van der Waals surface area contributed by atoms with Gasteiger partial charge >= 0.3 is 0 Å². The maximum Gasteiger partial charge on any atom is 0.161 e. The highest BCUT2D eigenvalue weighted by Crippen LogP contribution is 2.30. The molecule has 0 saturated carbocycles. The van der Waals surface area contributed by atoms with Gasteiger partial charge in [0.05, 0.1) is 7.11 Å². The predicted octanol–water partition coefficient (Wildman–Crippen LogP) is 1.28. The smallest absolute Gasteiger partial charge is 0.161 e. The molecule has 1 aliphatic rings. The first kappa shape index (κ1) is 13.2. The van der Waals surface area contributed by atoms with Gasteiger partial charge in [0.15, 0.2) is 11.5 Å². The van der Waals surface area contributed by atoms with Gasteiger partial charge in [0.1, 0.15) is 6.10 Å². The van der Waals surface area contributed by atoms with E-state index in [4.69, 9.17) is 15.2 Å². The zero-order chi connectivity index (χ0) is 13.1. The van der Waals surface area contributed by atoms with E-state index in [2.05, 4.69) is 11.9 Å². The van der Waals surface area contributed by atoms with E-state index >= 15 is 0 Å². The van der Waals surface area contributed by atoms with Crippen LogP contribution in [0.1, 0.15) is 12.5 Å². The van der Waals surface area contributed by atoms with Gasteiger partial charge in [-0.15, -0.1) is 0 Å². The summed E-state index contributed by atoms with van der Waals surface area (Å²) in [6.45, 7) is 3.95. The van der Waals surface area contributed by atoms with E-state index in [1.165, 1.54) is 5.56 Å². The molecule has 4 nitrogen and oxygen atoms in total. The Balaban J connectivity index is 2.09. The summed E-state index contributed by atoms with van der Waals surface area (Å²) in [5, 5.41) is 0. The van der Waals surface area contributed by atoms with E-state index in [0.717, 1.165) is 31.0 Å². The van der Waals surface area contributed by atoms with Gasteiger partial charge in [-0.2, -0.15) is 0 Å². The number of methoxy groups -OCH3 is 1. The van der Waals surface area contributed by atoms with Crippen LogP contribution >= 0.6 is 0 Å². The number of rotatable bonds is 5. The van der Waals surface area contributed by atoms with E-state index in [0.29, 0.717) is 0 Å². The van der Waals surface area contributed by atoms with Gasteiger partial charge in [0.2, 0.25) is 0 Å². The molecule has 0 aliphatic carbocycles. The quantitative estimate of drug-likeness (QED) is 0.855. The lowest BCUT2D eigenvalue weighted by Crippen LogP contribution is -2.51. The van der Waals surface area contributed by atoms with Crippen molar-refractivity contribution in [2.75, 3.05) is 27.2 Å². The fourth-order valence-corrected chi connectivity index (χ4v) is 2.21. The first-order chi connectivity index (χ1) is 8.58. The lowest BCUT2D eigenvalue weighted by atomic mass is 10.1. The van der Waals surface area contributed by atoms with Crippen LogP contribution in [0.15, 0.2) is 18.2 Å². The van der Waals surface area contributed by atoms with Gasteiger partial charge in [-0.05, 0) is 38.1 Å². The summed E-state index contributed by atoms with van der Waals surface area (Å²) in [6.07, 6.45) is 1.12. The number of benzene rings is 1. The number of nitrogens with two attached hydrogens (primary N) is 1. The fourth-order valence-electron chi connectivity index (χ4n) is 2.21. The molecule has 2 rings (SSSR count). The van der Waals surface area contributed by atoms with E-state index in [1.54, 1.807) is 7.11 Å². The van der Waals surface area contributed by atoms with Crippen LogP contribution in [0, 0.1) is 0 Å². The SMILES string of the molecule is COc1ccc(CC(C)N)cc1OC1CN(C)C1. The average Bonchev–Trinajstić information content (AvgIpc) is 2.26. The Morgan fingerprint density at radius 2 is 2.11 bits per heavy atom. The van der Waals surface area contributed by atoms with Gasteiger partial charge in [-0.1, -0.05) is 6.07 Å². The molecule has 1 aromatic carbocycles. The summed E-state index contributed by atoms with van der Waals surface area (Å²) in [5.41, 5.74) is 7.01. The molecule has 0 amide bonds. The molecule has 0 radical (unpaired) electrons. The van der Waals surface area contributed by atoms with Gasteiger partial charge < -0.3 is 15.2 Å². The van der Waals surface area contributed by atoms with Crippen molar-refractivity contribution >= 4 is 0 Å². The van der Waals surface area contributed by atoms with Crippen LogP contribution in [0.5, 0.6) is 11.5 Å². The lowest BCUT2D eigenvalue weighted by Gasteiger charge is -2.36. The topological polar surface area (TPSA) is 47.7 Å². The van der Waals surface area contributed by atoms with Crippen molar-refractivity contribution in [2.45, 2.75) is 25.5 Å². The van der Waals surface area contributed by atoms with Gasteiger partial charge in [-0.3, -0.25) is 4.90 Å². The zero-order valence-electron chi connectivity index (χ0n) is 11.3. The molecule has 18 heavy (non-hydrogen) atoms. The number of likely N-dealkylation sites (tertiary alicyclic amines) is 1. The maximum absolute atomic E-state index is 5.96. The monoisotopic (exact) mass is 250 g/mol. The van der Waals surface area contributed by atoms with Crippen molar-refractivity contribution in [3.05, 3.63) is 23.8 Å². The fraction of sp³-hybridized carbons (Fsp3) is 0.571. The number of hydrogen-bond donors (Lipinski definition) is 1. The van der Waals surface area contributed by atoms with E-state index < -0.39 is 0 Å². The Labute approximate surface area is 109 Å². The summed E-state index contributed by atoms with van der Waals surface area (Å²) in [4.78, 5) is 2.23. The second kappa shape index (κ2) is 5.59. The molecular formula is C14H22N2O2. The van der Waals surface area contributed by atoms with Crippen LogP contribution in [-0.4, -0.2) is 44.3 Å². The lowest BCUT2D eigenvalue weighted by molar-refractivity contribution is 0.0369. The first-order valence-electron chi connectivity index (χ1n) is 6.36. The maximum atomic E-state index is 5.96. The minimum atomic E-state index is 0.154. The highest BCUT2D eigenvalue weighted by molar-refractivity contribution is 5.43. The summed E-state index contributed by atoms with van der Waals surface area (Å²) >= 11 is 0. The molecule has 4 heteroatoms. The van der Waals surface area contributed by atoms with Crippen LogP contribution in [0.3, 0.4) is 0 Å². The van der Waals surface area contributed by atoms with Crippen molar-refractivity contribution in [2.24, 2.45) is 5.73 Å². The summed E-state index contributed by atoms with van der Waals surface area (Å²) in [6, 6.07) is 6.19. The standard InChI is InChI=1S/C14H22N2O2/c1-10(15)6-11-4-5-13(17-3)14(7-11)18-12-8-16(2)9-12/h4-5,7,10,12H,6,8-9,15H2,1-3H3. The van der Waals surface area contributed by atoms with Crippen LogP contribution in [-0.2, 0) is 6.42 Å². The highest BCUT2D eigenvalue weighted by atomic mass is 16.5. The second-order valence-electron chi connectivity index (χ2n) is 5.13. The minimum absolute atomic E-state index is 0.154. The summed E-state index contributed by atoms with van der Waals surface area (Å²) < 4.78 is 11.3. The molecule has 0 aromatic heterocycles. The number of hydrogen-bond acceptors (Lipinski definition) is 4. The second-order valence-corrected chi connectivity index (χ2v) is 5.13. The highest BCUT2D eigenvalue weighted by Gasteiger charge is 2.25. The largest absolute Gasteiger partial charge is 0.493 e. The van der Waals surface area contributed by atoms with E-state index in [1.807, 2.05) is 25.1 Å².